The topological polar surface area (TPSA) is 46.2 Å². The highest BCUT2D eigenvalue weighted by atomic mass is 79.9. The summed E-state index contributed by atoms with van der Waals surface area (Å²) in [5.74, 6) is 0.299. The molecule has 1 aromatic rings. The van der Waals surface area contributed by atoms with Crippen LogP contribution in [0, 0.1) is 6.92 Å². The third kappa shape index (κ3) is 2.86. The van der Waals surface area contributed by atoms with E-state index in [-0.39, 0.29) is 18.4 Å². The van der Waals surface area contributed by atoms with Crippen LogP contribution in [-0.2, 0) is 0 Å². The van der Waals surface area contributed by atoms with E-state index in [0.29, 0.717) is 5.75 Å². The average Bonchev–Trinajstić information content (AvgIpc) is 1.96. The summed E-state index contributed by atoms with van der Waals surface area (Å²) in [5.41, 5.74) is 7.30. The Morgan fingerprint density at radius 3 is 2.46 bits per heavy atom. The van der Waals surface area contributed by atoms with Gasteiger partial charge in [0.1, 0.15) is 5.75 Å². The number of hydrogen-bond acceptors (Lipinski definition) is 2. The Bertz CT molecular complexity index is 302. The molecule has 0 aliphatic rings. The van der Waals surface area contributed by atoms with Gasteiger partial charge in [0.2, 0.25) is 0 Å². The third-order valence-corrected chi connectivity index (χ3v) is 2.24. The van der Waals surface area contributed by atoms with Crippen LogP contribution in [0.4, 0.5) is 0 Å². The molecule has 0 fully saturated rings. The minimum Gasteiger partial charge on any atom is -0.507 e. The normalized spacial score (nSPS) is 12.0. The van der Waals surface area contributed by atoms with Gasteiger partial charge in [-0.2, -0.15) is 0 Å². The van der Waals surface area contributed by atoms with Crippen molar-refractivity contribution in [3.8, 4) is 5.75 Å². The summed E-state index contributed by atoms with van der Waals surface area (Å²) in [4.78, 5) is 0. The fourth-order valence-corrected chi connectivity index (χ4v) is 1.70. The number of aromatic hydroxyl groups is 1. The molecule has 0 amide bonds. The van der Waals surface area contributed by atoms with Crippen molar-refractivity contribution < 1.29 is 5.11 Å². The fourth-order valence-electron chi connectivity index (χ4n) is 1.11. The highest BCUT2D eigenvalue weighted by Gasteiger charge is 2.09. The maximum Gasteiger partial charge on any atom is 0.123 e. The molecule has 3 N–H and O–H groups in total. The lowest BCUT2D eigenvalue weighted by molar-refractivity contribution is 0.459. The Labute approximate surface area is 92.7 Å². The Hall–Kier alpha value is -0.250. The van der Waals surface area contributed by atoms with E-state index in [9.17, 15) is 5.11 Å². The van der Waals surface area contributed by atoms with E-state index >= 15 is 0 Å². The van der Waals surface area contributed by atoms with Crippen LogP contribution >= 0.6 is 28.3 Å². The van der Waals surface area contributed by atoms with Crippen molar-refractivity contribution in [2.75, 3.05) is 0 Å². The van der Waals surface area contributed by atoms with Crippen molar-refractivity contribution >= 4 is 28.3 Å². The van der Waals surface area contributed by atoms with E-state index in [1.165, 1.54) is 0 Å². The molecule has 0 spiro atoms. The third-order valence-electron chi connectivity index (χ3n) is 1.79. The number of phenolic OH excluding ortho intramolecular Hbond substituents is 1. The molecule has 1 rings (SSSR count). The zero-order valence-corrected chi connectivity index (χ0v) is 9.95. The molecule has 74 valence electrons. The van der Waals surface area contributed by atoms with Gasteiger partial charge in [0, 0.05) is 16.1 Å². The molecule has 1 atom stereocenters. The van der Waals surface area contributed by atoms with Gasteiger partial charge in [-0.05, 0) is 31.5 Å². The summed E-state index contributed by atoms with van der Waals surface area (Å²) in [5, 5.41) is 9.59. The van der Waals surface area contributed by atoms with Crippen molar-refractivity contribution in [3.63, 3.8) is 0 Å². The van der Waals surface area contributed by atoms with Gasteiger partial charge in [-0.3, -0.25) is 0 Å². The molecule has 2 nitrogen and oxygen atoms in total. The minimum atomic E-state index is -0.138. The molecule has 0 radical (unpaired) electrons. The number of phenols is 1. The van der Waals surface area contributed by atoms with Crippen molar-refractivity contribution in [2.45, 2.75) is 19.9 Å². The Morgan fingerprint density at radius 2 is 2.00 bits per heavy atom. The van der Waals surface area contributed by atoms with E-state index in [1.807, 2.05) is 26.0 Å². The van der Waals surface area contributed by atoms with Gasteiger partial charge in [0.25, 0.3) is 0 Å². The fraction of sp³-hybridized carbons (Fsp3) is 0.333. The molecular weight excluding hydrogens is 253 g/mol. The predicted molar refractivity (Wildman–Crippen MR) is 60.4 cm³/mol. The van der Waals surface area contributed by atoms with Gasteiger partial charge >= 0.3 is 0 Å². The van der Waals surface area contributed by atoms with E-state index in [4.69, 9.17) is 5.73 Å². The summed E-state index contributed by atoms with van der Waals surface area (Å²) in [6.45, 7) is 3.70. The monoisotopic (exact) mass is 265 g/mol. The van der Waals surface area contributed by atoms with Gasteiger partial charge in [0.05, 0.1) is 0 Å². The number of nitrogens with two attached hydrogens (primary N) is 1. The van der Waals surface area contributed by atoms with Crippen LogP contribution in [0.2, 0.25) is 0 Å². The maximum atomic E-state index is 9.59. The zero-order valence-electron chi connectivity index (χ0n) is 7.54. The van der Waals surface area contributed by atoms with Crippen LogP contribution in [0.25, 0.3) is 0 Å². The molecular formula is C9H13BrClNO. The SMILES string of the molecule is Cc1cc(Br)cc([C@H](C)N)c1O.Cl. The van der Waals surface area contributed by atoms with E-state index < -0.39 is 0 Å². The highest BCUT2D eigenvalue weighted by molar-refractivity contribution is 9.10. The van der Waals surface area contributed by atoms with E-state index in [1.54, 1.807) is 0 Å². The van der Waals surface area contributed by atoms with Crippen LogP contribution < -0.4 is 5.73 Å². The molecule has 4 heteroatoms. The number of halogens is 2. The number of aryl methyl sites for hydroxylation is 1. The average molecular weight is 267 g/mol. The van der Waals surface area contributed by atoms with Crippen molar-refractivity contribution in [3.05, 3.63) is 27.7 Å². The van der Waals surface area contributed by atoms with Gasteiger partial charge in [0.15, 0.2) is 0 Å². The Morgan fingerprint density at radius 1 is 1.46 bits per heavy atom. The molecule has 0 aliphatic carbocycles. The smallest absolute Gasteiger partial charge is 0.123 e. The lowest BCUT2D eigenvalue weighted by Gasteiger charge is -2.10. The number of benzene rings is 1. The van der Waals surface area contributed by atoms with Gasteiger partial charge in [-0.1, -0.05) is 15.9 Å². The van der Waals surface area contributed by atoms with E-state index in [2.05, 4.69) is 15.9 Å². The van der Waals surface area contributed by atoms with Crippen molar-refractivity contribution in [1.29, 1.82) is 0 Å². The largest absolute Gasteiger partial charge is 0.507 e. The first-order valence-electron chi connectivity index (χ1n) is 3.77. The van der Waals surface area contributed by atoms with Crippen LogP contribution in [0.15, 0.2) is 16.6 Å². The molecule has 0 saturated carbocycles. The molecule has 0 saturated heterocycles. The maximum absolute atomic E-state index is 9.59. The molecule has 0 aliphatic heterocycles. The molecule has 0 unspecified atom stereocenters. The first-order valence-corrected chi connectivity index (χ1v) is 4.56. The summed E-state index contributed by atoms with van der Waals surface area (Å²) in [6, 6.07) is 3.56. The molecule has 0 aromatic heterocycles. The second-order valence-corrected chi connectivity index (χ2v) is 3.86. The van der Waals surface area contributed by atoms with Crippen LogP contribution in [0.5, 0.6) is 5.75 Å². The lowest BCUT2D eigenvalue weighted by Crippen LogP contribution is -2.05. The van der Waals surface area contributed by atoms with Crippen molar-refractivity contribution in [1.82, 2.24) is 0 Å². The number of hydrogen-bond donors (Lipinski definition) is 2. The molecule has 1 aromatic carbocycles. The molecule has 0 heterocycles. The molecule has 0 bridgehead atoms. The standard InChI is InChI=1S/C9H12BrNO.ClH/c1-5-3-7(10)4-8(6(2)11)9(5)12;/h3-4,6,12H,11H2,1-2H3;1H/t6-;/m0./s1. The second-order valence-electron chi connectivity index (χ2n) is 2.95. The Kier molecular flexibility index (Phi) is 4.75. The Balaban J connectivity index is 0.00000144. The lowest BCUT2D eigenvalue weighted by atomic mass is 10.0. The van der Waals surface area contributed by atoms with Gasteiger partial charge in [-0.15, -0.1) is 12.4 Å². The summed E-state index contributed by atoms with van der Waals surface area (Å²) >= 11 is 3.35. The van der Waals surface area contributed by atoms with Crippen LogP contribution in [0.1, 0.15) is 24.1 Å². The van der Waals surface area contributed by atoms with Crippen LogP contribution in [0.3, 0.4) is 0 Å². The summed E-state index contributed by atoms with van der Waals surface area (Å²) < 4.78 is 0.949. The van der Waals surface area contributed by atoms with Crippen molar-refractivity contribution in [2.24, 2.45) is 5.73 Å². The van der Waals surface area contributed by atoms with Gasteiger partial charge < -0.3 is 10.8 Å². The summed E-state index contributed by atoms with van der Waals surface area (Å²) in [7, 11) is 0. The first kappa shape index (κ1) is 12.8. The summed E-state index contributed by atoms with van der Waals surface area (Å²) in [6.07, 6.45) is 0. The first-order chi connectivity index (χ1) is 5.52. The minimum absolute atomic E-state index is 0. The van der Waals surface area contributed by atoms with Crippen LogP contribution in [-0.4, -0.2) is 5.11 Å². The highest BCUT2D eigenvalue weighted by Crippen LogP contribution is 2.29. The molecule has 13 heavy (non-hydrogen) atoms. The van der Waals surface area contributed by atoms with Gasteiger partial charge in [-0.25, -0.2) is 0 Å². The zero-order chi connectivity index (χ0) is 9.30. The van der Waals surface area contributed by atoms with E-state index in [0.717, 1.165) is 15.6 Å². The second kappa shape index (κ2) is 4.84. The predicted octanol–water partition coefficient (Wildman–Crippen LogP) is 2.90. The quantitative estimate of drug-likeness (QED) is 0.821. The number of rotatable bonds is 1.